The highest BCUT2D eigenvalue weighted by molar-refractivity contribution is 6.42. The minimum absolute atomic E-state index is 0.339. The lowest BCUT2D eigenvalue weighted by Gasteiger charge is -2.18. The zero-order valence-corrected chi connectivity index (χ0v) is 10.4. The number of benzene rings is 1. The number of hydrogen-bond acceptors (Lipinski definition) is 1. The maximum atomic E-state index is 6.21. The minimum Gasteiger partial charge on any atom is -0.313 e. The van der Waals surface area contributed by atoms with Crippen molar-refractivity contribution < 1.29 is 0 Å². The maximum Gasteiger partial charge on any atom is 0.0640 e. The molecule has 0 spiro atoms. The zero-order chi connectivity index (χ0) is 11.0. The molecule has 2 rings (SSSR count). The van der Waals surface area contributed by atoms with E-state index in [0.717, 1.165) is 11.5 Å². The Labute approximate surface area is 101 Å². The number of halogens is 2. The summed E-state index contributed by atoms with van der Waals surface area (Å²) in [5, 5.41) is 4.67. The molecular weight excluding hydrogens is 229 g/mol. The molecule has 1 saturated carbocycles. The zero-order valence-electron chi connectivity index (χ0n) is 8.93. The molecule has 0 amide bonds. The highest BCUT2D eigenvalue weighted by Crippen LogP contribution is 2.48. The Hall–Kier alpha value is -0.240. The Kier molecular flexibility index (Phi) is 3.24. The molecule has 3 atom stereocenters. The van der Waals surface area contributed by atoms with E-state index in [1.54, 1.807) is 0 Å². The first kappa shape index (κ1) is 11.3. The third-order valence-electron chi connectivity index (χ3n) is 3.23. The van der Waals surface area contributed by atoms with E-state index in [9.17, 15) is 0 Å². The minimum atomic E-state index is 0.339. The van der Waals surface area contributed by atoms with Crippen LogP contribution in [0, 0.1) is 11.8 Å². The van der Waals surface area contributed by atoms with Crippen LogP contribution in [0.2, 0.25) is 10.0 Å². The Morgan fingerprint density at radius 1 is 1.40 bits per heavy atom. The number of rotatable bonds is 3. The van der Waals surface area contributed by atoms with Crippen LogP contribution in [-0.2, 0) is 0 Å². The quantitative estimate of drug-likeness (QED) is 0.849. The van der Waals surface area contributed by atoms with Crippen LogP contribution in [0.15, 0.2) is 18.2 Å². The van der Waals surface area contributed by atoms with Crippen molar-refractivity contribution in [3.8, 4) is 0 Å². The van der Waals surface area contributed by atoms with Crippen LogP contribution in [0.5, 0.6) is 0 Å². The summed E-state index contributed by atoms with van der Waals surface area (Å²) < 4.78 is 0. The molecule has 0 heterocycles. The van der Waals surface area contributed by atoms with Crippen LogP contribution < -0.4 is 5.32 Å². The fourth-order valence-electron chi connectivity index (χ4n) is 2.18. The molecule has 1 N–H and O–H groups in total. The Bertz CT molecular complexity index is 365. The van der Waals surface area contributed by atoms with Gasteiger partial charge in [-0.05, 0) is 36.9 Å². The normalized spacial score (nSPS) is 26.4. The molecule has 1 nitrogen and oxygen atoms in total. The summed E-state index contributed by atoms with van der Waals surface area (Å²) in [5.41, 5.74) is 1.13. The van der Waals surface area contributed by atoms with Crippen molar-refractivity contribution in [2.45, 2.75) is 19.4 Å². The first-order valence-corrected chi connectivity index (χ1v) is 6.02. The monoisotopic (exact) mass is 243 g/mol. The predicted molar refractivity (Wildman–Crippen MR) is 65.5 cm³/mol. The van der Waals surface area contributed by atoms with E-state index >= 15 is 0 Å². The fraction of sp³-hybridized carbons (Fsp3) is 0.500. The van der Waals surface area contributed by atoms with E-state index in [0.29, 0.717) is 22.0 Å². The van der Waals surface area contributed by atoms with Crippen LogP contribution in [-0.4, -0.2) is 7.05 Å². The first-order valence-electron chi connectivity index (χ1n) is 5.26. The van der Waals surface area contributed by atoms with Crippen LogP contribution in [0.4, 0.5) is 0 Å². The number of nitrogens with one attached hydrogen (secondary N) is 1. The average Bonchev–Trinajstić information content (AvgIpc) is 2.91. The summed E-state index contributed by atoms with van der Waals surface area (Å²) in [6.45, 7) is 2.27. The first-order chi connectivity index (χ1) is 7.15. The van der Waals surface area contributed by atoms with Gasteiger partial charge in [0.1, 0.15) is 0 Å². The van der Waals surface area contributed by atoms with Crippen molar-refractivity contribution >= 4 is 23.2 Å². The Balaban J connectivity index is 2.30. The Morgan fingerprint density at radius 3 is 2.60 bits per heavy atom. The van der Waals surface area contributed by atoms with Gasteiger partial charge < -0.3 is 5.32 Å². The maximum absolute atomic E-state index is 6.21. The third kappa shape index (κ3) is 2.15. The predicted octanol–water partition coefficient (Wildman–Crippen LogP) is 3.91. The molecule has 82 valence electrons. The fourth-order valence-corrected chi connectivity index (χ4v) is 2.60. The van der Waals surface area contributed by atoms with Crippen molar-refractivity contribution in [3.63, 3.8) is 0 Å². The van der Waals surface area contributed by atoms with Gasteiger partial charge in [-0.2, -0.15) is 0 Å². The molecule has 0 aliphatic heterocycles. The van der Waals surface area contributed by atoms with Gasteiger partial charge in [0.05, 0.1) is 10.0 Å². The molecule has 1 aliphatic carbocycles. The molecule has 1 fully saturated rings. The van der Waals surface area contributed by atoms with Crippen molar-refractivity contribution in [2.75, 3.05) is 7.05 Å². The van der Waals surface area contributed by atoms with Gasteiger partial charge in [0.15, 0.2) is 0 Å². The summed E-state index contributed by atoms with van der Waals surface area (Å²) in [6, 6.07) is 6.18. The standard InChI is InChI=1S/C12H15Cl2N/c1-7-6-9(7)12(15-2)8-4-3-5-10(13)11(8)14/h3-5,7,9,12,15H,6H2,1-2H3. The summed E-state index contributed by atoms with van der Waals surface area (Å²) >= 11 is 12.2. The second-order valence-electron chi connectivity index (χ2n) is 4.29. The molecule has 1 aromatic rings. The van der Waals surface area contributed by atoms with Gasteiger partial charge in [-0.3, -0.25) is 0 Å². The van der Waals surface area contributed by atoms with Gasteiger partial charge in [-0.1, -0.05) is 42.3 Å². The van der Waals surface area contributed by atoms with Gasteiger partial charge in [-0.15, -0.1) is 0 Å². The summed E-state index contributed by atoms with van der Waals surface area (Å²) in [5.74, 6) is 1.49. The van der Waals surface area contributed by atoms with E-state index in [-0.39, 0.29) is 0 Å². The van der Waals surface area contributed by atoms with E-state index in [1.807, 2.05) is 19.2 Å². The smallest absolute Gasteiger partial charge is 0.0640 e. The van der Waals surface area contributed by atoms with Gasteiger partial charge in [0.25, 0.3) is 0 Å². The molecule has 0 bridgehead atoms. The van der Waals surface area contributed by atoms with Crippen molar-refractivity contribution in [1.82, 2.24) is 5.32 Å². The molecular formula is C12H15Cl2N. The second-order valence-corrected chi connectivity index (χ2v) is 5.07. The molecule has 15 heavy (non-hydrogen) atoms. The van der Waals surface area contributed by atoms with E-state index in [4.69, 9.17) is 23.2 Å². The van der Waals surface area contributed by atoms with Crippen LogP contribution in [0.1, 0.15) is 24.9 Å². The van der Waals surface area contributed by atoms with Crippen LogP contribution >= 0.6 is 23.2 Å². The molecule has 0 saturated heterocycles. The van der Waals surface area contributed by atoms with E-state index in [1.165, 1.54) is 6.42 Å². The van der Waals surface area contributed by atoms with Crippen molar-refractivity contribution in [2.24, 2.45) is 11.8 Å². The molecule has 0 radical (unpaired) electrons. The molecule has 3 heteroatoms. The van der Waals surface area contributed by atoms with Crippen molar-refractivity contribution in [1.29, 1.82) is 0 Å². The Morgan fingerprint density at radius 2 is 2.07 bits per heavy atom. The topological polar surface area (TPSA) is 12.0 Å². The molecule has 0 aromatic heterocycles. The third-order valence-corrected chi connectivity index (χ3v) is 4.06. The summed E-state index contributed by atoms with van der Waals surface area (Å²) in [6.07, 6.45) is 1.27. The van der Waals surface area contributed by atoms with Crippen molar-refractivity contribution in [3.05, 3.63) is 33.8 Å². The largest absolute Gasteiger partial charge is 0.313 e. The average molecular weight is 244 g/mol. The van der Waals surface area contributed by atoms with E-state index < -0.39 is 0 Å². The second kappa shape index (κ2) is 4.32. The van der Waals surface area contributed by atoms with Gasteiger partial charge >= 0.3 is 0 Å². The lowest BCUT2D eigenvalue weighted by Crippen LogP contribution is -2.19. The number of hydrogen-bond donors (Lipinski definition) is 1. The molecule has 3 unspecified atom stereocenters. The SMILES string of the molecule is CNC(c1cccc(Cl)c1Cl)C1CC1C. The highest BCUT2D eigenvalue weighted by Gasteiger charge is 2.40. The summed E-state index contributed by atoms with van der Waals surface area (Å²) in [4.78, 5) is 0. The van der Waals surface area contributed by atoms with Crippen LogP contribution in [0.3, 0.4) is 0 Å². The molecule has 1 aromatic carbocycles. The van der Waals surface area contributed by atoms with Gasteiger partial charge in [0, 0.05) is 6.04 Å². The molecule has 1 aliphatic rings. The highest BCUT2D eigenvalue weighted by atomic mass is 35.5. The van der Waals surface area contributed by atoms with Gasteiger partial charge in [-0.25, -0.2) is 0 Å². The lowest BCUT2D eigenvalue weighted by atomic mass is 10.0. The van der Waals surface area contributed by atoms with Gasteiger partial charge in [0.2, 0.25) is 0 Å². The lowest BCUT2D eigenvalue weighted by molar-refractivity contribution is 0.504. The van der Waals surface area contributed by atoms with E-state index in [2.05, 4.69) is 18.3 Å². The van der Waals surface area contributed by atoms with Crippen LogP contribution in [0.25, 0.3) is 0 Å². The summed E-state index contributed by atoms with van der Waals surface area (Å²) in [7, 11) is 1.98.